The number of benzene rings is 1. The minimum Gasteiger partial charge on any atom is -0.388 e. The second-order valence-corrected chi connectivity index (χ2v) is 6.64. The van der Waals surface area contributed by atoms with Crippen molar-refractivity contribution in [1.29, 1.82) is 0 Å². The quantitative estimate of drug-likeness (QED) is 0.844. The van der Waals surface area contributed by atoms with E-state index in [1.54, 1.807) is 23.1 Å². The number of nitrogens with one attached hydrogen (secondary N) is 1. The van der Waals surface area contributed by atoms with Crippen molar-refractivity contribution in [2.75, 3.05) is 6.54 Å². The van der Waals surface area contributed by atoms with Gasteiger partial charge in [0.1, 0.15) is 6.33 Å². The van der Waals surface area contributed by atoms with Crippen LogP contribution in [-0.4, -0.2) is 37.9 Å². The molecule has 2 aromatic rings. The summed E-state index contributed by atoms with van der Waals surface area (Å²) in [6.07, 6.45) is 7.55. The van der Waals surface area contributed by atoms with Gasteiger partial charge in [-0.15, -0.1) is 0 Å². The third-order valence-corrected chi connectivity index (χ3v) is 4.62. The van der Waals surface area contributed by atoms with Crippen LogP contribution in [-0.2, 0) is 7.05 Å². The van der Waals surface area contributed by atoms with Gasteiger partial charge in [-0.2, -0.15) is 5.10 Å². The van der Waals surface area contributed by atoms with Crippen molar-refractivity contribution in [3.8, 4) is 11.4 Å². The zero-order valence-corrected chi connectivity index (χ0v) is 14.0. The molecule has 0 spiro atoms. The largest absolute Gasteiger partial charge is 0.388 e. The van der Waals surface area contributed by atoms with Gasteiger partial charge in [0.25, 0.3) is 5.91 Å². The Bertz CT molecular complexity index is 685. The van der Waals surface area contributed by atoms with E-state index in [4.69, 9.17) is 0 Å². The van der Waals surface area contributed by atoms with Crippen molar-refractivity contribution >= 4 is 5.91 Å². The molecule has 0 unspecified atom stereocenters. The van der Waals surface area contributed by atoms with Crippen molar-refractivity contribution in [1.82, 2.24) is 20.1 Å². The van der Waals surface area contributed by atoms with Gasteiger partial charge in [0.15, 0.2) is 5.82 Å². The molecule has 128 valence electrons. The lowest BCUT2D eigenvalue weighted by Crippen LogP contribution is -2.42. The van der Waals surface area contributed by atoms with E-state index in [0.29, 0.717) is 17.9 Å². The van der Waals surface area contributed by atoms with E-state index in [2.05, 4.69) is 15.4 Å². The minimum atomic E-state index is -0.760. The van der Waals surface area contributed by atoms with Gasteiger partial charge in [-0.25, -0.2) is 4.98 Å². The summed E-state index contributed by atoms with van der Waals surface area (Å²) in [6, 6.07) is 7.20. The molecule has 1 fully saturated rings. The molecule has 2 N–H and O–H groups in total. The lowest BCUT2D eigenvalue weighted by atomic mass is 9.94. The lowest BCUT2D eigenvalue weighted by Gasteiger charge is -2.26. The van der Waals surface area contributed by atoms with Crippen molar-refractivity contribution in [2.45, 2.75) is 44.1 Å². The van der Waals surface area contributed by atoms with Gasteiger partial charge >= 0.3 is 0 Å². The van der Waals surface area contributed by atoms with Gasteiger partial charge < -0.3 is 10.4 Å². The average molecular weight is 328 g/mol. The van der Waals surface area contributed by atoms with Crippen LogP contribution >= 0.6 is 0 Å². The van der Waals surface area contributed by atoms with E-state index in [9.17, 15) is 9.90 Å². The van der Waals surface area contributed by atoms with Crippen LogP contribution in [0.3, 0.4) is 0 Å². The topological polar surface area (TPSA) is 80.0 Å². The van der Waals surface area contributed by atoms with Gasteiger partial charge in [-0.05, 0) is 25.0 Å². The Labute approximate surface area is 141 Å². The van der Waals surface area contributed by atoms with E-state index < -0.39 is 5.60 Å². The molecule has 0 bridgehead atoms. The number of aliphatic hydroxyl groups is 1. The number of carbonyl (C=O) groups excluding carboxylic acids is 1. The second-order valence-electron chi connectivity index (χ2n) is 6.64. The molecule has 1 aliphatic rings. The van der Waals surface area contributed by atoms with Crippen LogP contribution in [0.5, 0.6) is 0 Å². The zero-order valence-electron chi connectivity index (χ0n) is 14.0. The van der Waals surface area contributed by atoms with Crippen LogP contribution in [0.2, 0.25) is 0 Å². The first-order chi connectivity index (χ1) is 11.6. The summed E-state index contributed by atoms with van der Waals surface area (Å²) in [4.78, 5) is 16.5. The second kappa shape index (κ2) is 7.13. The zero-order chi connectivity index (χ0) is 17.0. The molecule has 6 heteroatoms. The highest BCUT2D eigenvalue weighted by molar-refractivity contribution is 5.94. The molecule has 1 amide bonds. The first-order valence-electron chi connectivity index (χ1n) is 8.52. The number of rotatable bonds is 4. The van der Waals surface area contributed by atoms with Crippen LogP contribution in [0.4, 0.5) is 0 Å². The summed E-state index contributed by atoms with van der Waals surface area (Å²) in [5.74, 6) is 0.477. The molecule has 6 nitrogen and oxygen atoms in total. The standard InChI is InChI=1S/C18H24N4O2/c1-22-13-20-16(21-22)14-6-8-15(9-7-14)17(23)19-12-18(24)10-4-2-3-5-11-18/h6-9,13,24H,2-5,10-12H2,1H3,(H,19,23). The highest BCUT2D eigenvalue weighted by atomic mass is 16.3. The van der Waals surface area contributed by atoms with Crippen LogP contribution in [0.15, 0.2) is 30.6 Å². The maximum Gasteiger partial charge on any atom is 0.251 e. The summed E-state index contributed by atoms with van der Waals surface area (Å²) in [7, 11) is 1.82. The fourth-order valence-electron chi connectivity index (χ4n) is 3.15. The van der Waals surface area contributed by atoms with Gasteiger partial charge in [0, 0.05) is 24.7 Å². The van der Waals surface area contributed by atoms with E-state index in [-0.39, 0.29) is 5.91 Å². The lowest BCUT2D eigenvalue weighted by molar-refractivity contribution is 0.0246. The highest BCUT2D eigenvalue weighted by Gasteiger charge is 2.28. The molecule has 1 aromatic heterocycles. The number of nitrogens with zero attached hydrogens (tertiary/aromatic N) is 3. The van der Waals surface area contributed by atoms with Crippen LogP contribution in [0.1, 0.15) is 48.9 Å². The summed E-state index contributed by atoms with van der Waals surface area (Å²) in [6.45, 7) is 0.315. The molecule has 0 saturated heterocycles. The average Bonchev–Trinajstić information content (AvgIpc) is 2.90. The van der Waals surface area contributed by atoms with Crippen LogP contribution in [0.25, 0.3) is 11.4 Å². The van der Waals surface area contributed by atoms with Crippen molar-refractivity contribution in [3.05, 3.63) is 36.2 Å². The Morgan fingerprint density at radius 2 is 1.88 bits per heavy atom. The van der Waals surface area contributed by atoms with Crippen LogP contribution in [0, 0.1) is 0 Å². The summed E-state index contributed by atoms with van der Waals surface area (Å²) < 4.78 is 1.64. The Kier molecular flexibility index (Phi) is 4.94. The molecule has 0 radical (unpaired) electrons. The minimum absolute atomic E-state index is 0.159. The Morgan fingerprint density at radius 1 is 1.21 bits per heavy atom. The monoisotopic (exact) mass is 328 g/mol. The molecular weight excluding hydrogens is 304 g/mol. The first-order valence-corrected chi connectivity index (χ1v) is 8.52. The molecule has 24 heavy (non-hydrogen) atoms. The van der Waals surface area contributed by atoms with E-state index in [1.807, 2.05) is 19.2 Å². The Hall–Kier alpha value is -2.21. The number of aromatic nitrogens is 3. The smallest absolute Gasteiger partial charge is 0.251 e. The summed E-state index contributed by atoms with van der Waals surface area (Å²) in [5.41, 5.74) is 0.686. The van der Waals surface area contributed by atoms with Gasteiger partial charge in [0.05, 0.1) is 5.60 Å². The fourth-order valence-corrected chi connectivity index (χ4v) is 3.15. The van der Waals surface area contributed by atoms with Gasteiger partial charge in [-0.3, -0.25) is 9.48 Å². The number of hydrogen-bond acceptors (Lipinski definition) is 4. The number of carbonyl (C=O) groups is 1. The molecule has 0 atom stereocenters. The predicted octanol–water partition coefficient (Wildman–Crippen LogP) is 2.30. The third kappa shape index (κ3) is 4.00. The summed E-state index contributed by atoms with van der Waals surface area (Å²) >= 11 is 0. The Morgan fingerprint density at radius 3 is 2.46 bits per heavy atom. The molecule has 1 aromatic carbocycles. The molecule has 1 aliphatic carbocycles. The van der Waals surface area contributed by atoms with E-state index >= 15 is 0 Å². The SMILES string of the molecule is Cn1cnc(-c2ccc(C(=O)NCC3(O)CCCCCC3)cc2)n1. The van der Waals surface area contributed by atoms with E-state index in [0.717, 1.165) is 31.2 Å². The normalized spacial score (nSPS) is 17.2. The third-order valence-electron chi connectivity index (χ3n) is 4.62. The van der Waals surface area contributed by atoms with Gasteiger partial charge in [-0.1, -0.05) is 37.8 Å². The predicted molar refractivity (Wildman–Crippen MR) is 91.4 cm³/mol. The van der Waals surface area contributed by atoms with E-state index in [1.165, 1.54) is 12.8 Å². The number of amides is 1. The fraction of sp³-hybridized carbons (Fsp3) is 0.500. The van der Waals surface area contributed by atoms with Crippen molar-refractivity contribution < 1.29 is 9.90 Å². The van der Waals surface area contributed by atoms with Crippen molar-refractivity contribution in [3.63, 3.8) is 0 Å². The summed E-state index contributed by atoms with van der Waals surface area (Å²) in [5, 5.41) is 17.7. The number of hydrogen-bond donors (Lipinski definition) is 2. The molecule has 1 heterocycles. The Balaban J connectivity index is 1.60. The van der Waals surface area contributed by atoms with Crippen molar-refractivity contribution in [2.24, 2.45) is 7.05 Å². The molecule has 3 rings (SSSR count). The maximum atomic E-state index is 12.3. The van der Waals surface area contributed by atoms with Gasteiger partial charge in [0.2, 0.25) is 0 Å². The molecule has 0 aliphatic heterocycles. The highest BCUT2D eigenvalue weighted by Crippen LogP contribution is 2.26. The maximum absolute atomic E-state index is 12.3. The molecular formula is C18H24N4O2. The number of aryl methyl sites for hydroxylation is 1. The first kappa shape index (κ1) is 16.6. The van der Waals surface area contributed by atoms with Crippen LogP contribution < -0.4 is 5.32 Å². The molecule has 1 saturated carbocycles.